The molecule has 18 heavy (non-hydrogen) atoms. The first-order valence-corrected chi connectivity index (χ1v) is 6.90. The molecule has 2 amide bonds. The Hall–Kier alpha value is -1.10. The molecule has 2 heterocycles. The highest BCUT2D eigenvalue weighted by molar-refractivity contribution is 6.35. The molecule has 2 aliphatic rings. The Morgan fingerprint density at radius 3 is 2.83 bits per heavy atom. The van der Waals surface area contributed by atoms with Gasteiger partial charge in [-0.2, -0.15) is 0 Å². The lowest BCUT2D eigenvalue weighted by molar-refractivity contribution is -0.159. The van der Waals surface area contributed by atoms with E-state index in [1.165, 1.54) is 0 Å². The maximum atomic E-state index is 12.0. The van der Waals surface area contributed by atoms with Gasteiger partial charge in [-0.05, 0) is 18.8 Å². The molecule has 2 fully saturated rings. The summed E-state index contributed by atoms with van der Waals surface area (Å²) in [4.78, 5) is 27.4. The second-order valence-corrected chi connectivity index (χ2v) is 5.64. The Bertz CT molecular complexity index is 330. The van der Waals surface area contributed by atoms with E-state index in [0.717, 1.165) is 25.9 Å². The summed E-state index contributed by atoms with van der Waals surface area (Å²) in [5.41, 5.74) is 0. The van der Waals surface area contributed by atoms with Crippen molar-refractivity contribution in [3.63, 3.8) is 0 Å². The third-order valence-corrected chi connectivity index (χ3v) is 3.72. The molecule has 102 valence electrons. The molecule has 1 atom stereocenters. The minimum absolute atomic E-state index is 0.169. The van der Waals surface area contributed by atoms with Crippen LogP contribution in [-0.4, -0.2) is 60.4 Å². The Labute approximate surface area is 108 Å². The maximum absolute atomic E-state index is 12.0. The number of amides is 2. The number of carbonyl (C=O) groups excluding carboxylic acids is 2. The zero-order valence-corrected chi connectivity index (χ0v) is 11.3. The van der Waals surface area contributed by atoms with Crippen LogP contribution in [0.3, 0.4) is 0 Å². The summed E-state index contributed by atoms with van der Waals surface area (Å²) in [5.74, 6) is 0.0302. The standard InChI is InChI=1S/C13H23N3O2/c1-10(2)4-3-6-15-9-11-8-14-5-7-16(11)13(18)12(15)17/h10-11,14H,3-9H2,1-2H3. The van der Waals surface area contributed by atoms with Crippen LogP contribution in [0.1, 0.15) is 26.7 Å². The molecule has 1 unspecified atom stereocenters. The summed E-state index contributed by atoms with van der Waals surface area (Å²) in [7, 11) is 0. The van der Waals surface area contributed by atoms with E-state index in [2.05, 4.69) is 19.2 Å². The lowest BCUT2D eigenvalue weighted by Gasteiger charge is -2.43. The first-order valence-electron chi connectivity index (χ1n) is 6.90. The SMILES string of the molecule is CC(C)CCCN1CC2CNCCN2C(=O)C1=O. The van der Waals surface area contributed by atoms with Gasteiger partial charge in [0.15, 0.2) is 0 Å². The van der Waals surface area contributed by atoms with Crippen molar-refractivity contribution >= 4 is 11.8 Å². The molecule has 0 bridgehead atoms. The second-order valence-electron chi connectivity index (χ2n) is 5.64. The molecule has 1 N–H and O–H groups in total. The fourth-order valence-corrected chi connectivity index (χ4v) is 2.67. The number of hydrogen-bond acceptors (Lipinski definition) is 3. The van der Waals surface area contributed by atoms with Crippen molar-refractivity contribution in [2.75, 3.05) is 32.7 Å². The van der Waals surface area contributed by atoms with Gasteiger partial charge in [-0.3, -0.25) is 9.59 Å². The van der Waals surface area contributed by atoms with E-state index >= 15 is 0 Å². The van der Waals surface area contributed by atoms with E-state index in [1.54, 1.807) is 9.80 Å². The summed E-state index contributed by atoms with van der Waals surface area (Å²) >= 11 is 0. The molecule has 0 spiro atoms. The third-order valence-electron chi connectivity index (χ3n) is 3.72. The van der Waals surface area contributed by atoms with Crippen LogP contribution in [0.4, 0.5) is 0 Å². The molecule has 5 nitrogen and oxygen atoms in total. The number of hydrogen-bond donors (Lipinski definition) is 1. The zero-order valence-electron chi connectivity index (χ0n) is 11.3. The van der Waals surface area contributed by atoms with Crippen molar-refractivity contribution in [3.05, 3.63) is 0 Å². The highest BCUT2D eigenvalue weighted by atomic mass is 16.2. The first kappa shape index (κ1) is 13.3. The zero-order chi connectivity index (χ0) is 13.1. The van der Waals surface area contributed by atoms with Gasteiger partial charge in [0, 0.05) is 32.7 Å². The van der Waals surface area contributed by atoms with Gasteiger partial charge < -0.3 is 15.1 Å². The molecule has 2 rings (SSSR count). The molecular formula is C13H23N3O2. The Balaban J connectivity index is 1.91. The molecular weight excluding hydrogens is 230 g/mol. The van der Waals surface area contributed by atoms with E-state index < -0.39 is 0 Å². The minimum Gasteiger partial charge on any atom is -0.332 e. The van der Waals surface area contributed by atoms with Gasteiger partial charge in [-0.1, -0.05) is 13.8 Å². The van der Waals surface area contributed by atoms with Crippen molar-refractivity contribution in [2.45, 2.75) is 32.7 Å². The van der Waals surface area contributed by atoms with E-state index in [1.807, 2.05) is 0 Å². The summed E-state index contributed by atoms with van der Waals surface area (Å²) in [5, 5.41) is 3.28. The monoisotopic (exact) mass is 253 g/mol. The highest BCUT2D eigenvalue weighted by Crippen LogP contribution is 2.15. The van der Waals surface area contributed by atoms with Crippen LogP contribution >= 0.6 is 0 Å². The predicted octanol–water partition coefficient (Wildman–Crippen LogP) is 0.0652. The average Bonchev–Trinajstić information content (AvgIpc) is 2.35. The van der Waals surface area contributed by atoms with Crippen LogP contribution in [0.25, 0.3) is 0 Å². The molecule has 0 aliphatic carbocycles. The van der Waals surface area contributed by atoms with Gasteiger partial charge in [-0.15, -0.1) is 0 Å². The van der Waals surface area contributed by atoms with E-state index in [4.69, 9.17) is 0 Å². The van der Waals surface area contributed by atoms with Gasteiger partial charge >= 0.3 is 11.8 Å². The fraction of sp³-hybridized carbons (Fsp3) is 0.846. The van der Waals surface area contributed by atoms with Crippen molar-refractivity contribution < 1.29 is 9.59 Å². The van der Waals surface area contributed by atoms with Crippen LogP contribution in [-0.2, 0) is 9.59 Å². The number of piperazine rings is 2. The highest BCUT2D eigenvalue weighted by Gasteiger charge is 2.39. The quantitative estimate of drug-likeness (QED) is 0.721. The molecule has 2 aliphatic heterocycles. The molecule has 0 aromatic carbocycles. The summed E-state index contributed by atoms with van der Waals surface area (Å²) < 4.78 is 0. The van der Waals surface area contributed by atoms with Crippen LogP contribution in [0.15, 0.2) is 0 Å². The van der Waals surface area contributed by atoms with Gasteiger partial charge in [0.05, 0.1) is 6.04 Å². The van der Waals surface area contributed by atoms with E-state index in [0.29, 0.717) is 25.6 Å². The molecule has 2 saturated heterocycles. The number of nitrogens with zero attached hydrogens (tertiary/aromatic N) is 2. The predicted molar refractivity (Wildman–Crippen MR) is 69.0 cm³/mol. The normalized spacial score (nSPS) is 24.7. The summed E-state index contributed by atoms with van der Waals surface area (Å²) in [6.07, 6.45) is 2.08. The van der Waals surface area contributed by atoms with E-state index in [-0.39, 0.29) is 17.9 Å². The topological polar surface area (TPSA) is 52.6 Å². The molecule has 0 aromatic heterocycles. The van der Waals surface area contributed by atoms with Crippen molar-refractivity contribution in [1.29, 1.82) is 0 Å². The lowest BCUT2D eigenvalue weighted by Crippen LogP contribution is -2.65. The van der Waals surface area contributed by atoms with E-state index in [9.17, 15) is 9.59 Å². The first-order chi connectivity index (χ1) is 8.59. The summed E-state index contributed by atoms with van der Waals surface area (Å²) in [6, 6.07) is 0.169. The summed E-state index contributed by atoms with van der Waals surface area (Å²) in [6.45, 7) is 8.02. The lowest BCUT2D eigenvalue weighted by atomic mass is 10.1. The number of carbonyl (C=O) groups is 2. The van der Waals surface area contributed by atoms with Crippen molar-refractivity contribution in [3.8, 4) is 0 Å². The minimum atomic E-state index is -0.308. The number of rotatable bonds is 4. The fourth-order valence-electron chi connectivity index (χ4n) is 2.67. The van der Waals surface area contributed by atoms with Gasteiger partial charge in [-0.25, -0.2) is 0 Å². The Morgan fingerprint density at radius 1 is 1.33 bits per heavy atom. The van der Waals surface area contributed by atoms with Crippen LogP contribution < -0.4 is 5.32 Å². The third kappa shape index (κ3) is 2.83. The molecule has 0 saturated carbocycles. The largest absolute Gasteiger partial charge is 0.332 e. The smallest absolute Gasteiger partial charge is 0.312 e. The average molecular weight is 253 g/mol. The number of nitrogens with one attached hydrogen (secondary N) is 1. The molecule has 0 radical (unpaired) electrons. The molecule has 5 heteroatoms. The second kappa shape index (κ2) is 5.69. The van der Waals surface area contributed by atoms with Gasteiger partial charge in [0.1, 0.15) is 0 Å². The maximum Gasteiger partial charge on any atom is 0.312 e. The van der Waals surface area contributed by atoms with Crippen LogP contribution in [0, 0.1) is 5.92 Å². The molecule has 0 aromatic rings. The van der Waals surface area contributed by atoms with Crippen molar-refractivity contribution in [2.24, 2.45) is 5.92 Å². The van der Waals surface area contributed by atoms with Crippen LogP contribution in [0.2, 0.25) is 0 Å². The Morgan fingerprint density at radius 2 is 2.11 bits per heavy atom. The van der Waals surface area contributed by atoms with Gasteiger partial charge in [0.2, 0.25) is 0 Å². The van der Waals surface area contributed by atoms with Crippen molar-refractivity contribution in [1.82, 2.24) is 15.1 Å². The number of fused-ring (bicyclic) bond motifs is 1. The Kier molecular flexibility index (Phi) is 4.22. The van der Waals surface area contributed by atoms with Gasteiger partial charge in [0.25, 0.3) is 0 Å². The van der Waals surface area contributed by atoms with Crippen LogP contribution in [0.5, 0.6) is 0 Å².